The Balaban J connectivity index is 2.06. The van der Waals surface area contributed by atoms with Crippen molar-refractivity contribution in [2.75, 3.05) is 13.6 Å². The standard InChI is InChI=1S/C15H19BrN2S/c1-11-18-10-14(19-11)8-12(9-17-2)7-13-5-3-4-6-15(13)16/h3-6,10,12,17H,7-9H2,1-2H3. The van der Waals surface area contributed by atoms with Crippen molar-refractivity contribution in [3.8, 4) is 0 Å². The first-order valence-electron chi connectivity index (χ1n) is 6.48. The minimum Gasteiger partial charge on any atom is -0.319 e. The van der Waals surface area contributed by atoms with E-state index in [-0.39, 0.29) is 0 Å². The van der Waals surface area contributed by atoms with Crippen molar-refractivity contribution in [3.63, 3.8) is 0 Å². The SMILES string of the molecule is CNCC(Cc1cnc(C)s1)Cc1ccccc1Br. The van der Waals surface area contributed by atoms with Gasteiger partial charge in [0.25, 0.3) is 0 Å². The molecule has 102 valence electrons. The number of halogens is 1. The van der Waals surface area contributed by atoms with Gasteiger partial charge in [-0.2, -0.15) is 0 Å². The number of nitrogens with one attached hydrogen (secondary N) is 1. The number of aromatic nitrogens is 1. The third kappa shape index (κ3) is 4.41. The van der Waals surface area contributed by atoms with Crippen LogP contribution in [-0.2, 0) is 12.8 Å². The molecule has 0 fully saturated rings. The molecule has 2 nitrogen and oxygen atoms in total. The molecular formula is C15H19BrN2S. The van der Waals surface area contributed by atoms with Gasteiger partial charge in [-0.3, -0.25) is 0 Å². The summed E-state index contributed by atoms with van der Waals surface area (Å²) in [5.74, 6) is 0.601. The second-order valence-corrected chi connectivity index (χ2v) is 6.94. The van der Waals surface area contributed by atoms with Gasteiger partial charge >= 0.3 is 0 Å². The highest BCUT2D eigenvalue weighted by Crippen LogP contribution is 2.23. The summed E-state index contributed by atoms with van der Waals surface area (Å²) >= 11 is 5.44. The molecule has 0 radical (unpaired) electrons. The third-order valence-electron chi connectivity index (χ3n) is 3.12. The van der Waals surface area contributed by atoms with E-state index in [0.29, 0.717) is 5.92 Å². The summed E-state index contributed by atoms with van der Waals surface area (Å²) in [5, 5.41) is 4.46. The first-order valence-corrected chi connectivity index (χ1v) is 8.09. The molecule has 1 heterocycles. The highest BCUT2D eigenvalue weighted by molar-refractivity contribution is 9.10. The largest absolute Gasteiger partial charge is 0.319 e. The van der Waals surface area contributed by atoms with Crippen LogP contribution in [0, 0.1) is 12.8 Å². The molecule has 1 unspecified atom stereocenters. The number of rotatable bonds is 6. The first kappa shape index (κ1) is 14.7. The van der Waals surface area contributed by atoms with Gasteiger partial charge in [-0.15, -0.1) is 11.3 Å². The maximum absolute atomic E-state index is 4.34. The van der Waals surface area contributed by atoms with E-state index in [4.69, 9.17) is 0 Å². The lowest BCUT2D eigenvalue weighted by Gasteiger charge is -2.16. The predicted molar refractivity (Wildman–Crippen MR) is 85.8 cm³/mol. The van der Waals surface area contributed by atoms with Crippen LogP contribution in [0.1, 0.15) is 15.4 Å². The molecule has 0 saturated carbocycles. The lowest BCUT2D eigenvalue weighted by molar-refractivity contribution is 0.495. The highest BCUT2D eigenvalue weighted by atomic mass is 79.9. The van der Waals surface area contributed by atoms with Crippen LogP contribution in [0.25, 0.3) is 0 Å². The van der Waals surface area contributed by atoms with Gasteiger partial charge < -0.3 is 5.32 Å². The fourth-order valence-corrected chi connectivity index (χ4v) is 3.62. The summed E-state index contributed by atoms with van der Waals surface area (Å²) in [6.07, 6.45) is 4.19. The Hall–Kier alpha value is -0.710. The number of aryl methyl sites for hydroxylation is 1. The Labute approximate surface area is 127 Å². The number of nitrogens with zero attached hydrogens (tertiary/aromatic N) is 1. The molecule has 1 atom stereocenters. The van der Waals surface area contributed by atoms with E-state index in [1.807, 2.05) is 13.2 Å². The molecule has 1 aromatic heterocycles. The van der Waals surface area contributed by atoms with E-state index < -0.39 is 0 Å². The Morgan fingerprint density at radius 2 is 2.11 bits per heavy atom. The Kier molecular flexibility index (Phi) is 5.55. The molecule has 1 N–H and O–H groups in total. The van der Waals surface area contributed by atoms with Crippen molar-refractivity contribution >= 4 is 27.3 Å². The van der Waals surface area contributed by atoms with Gasteiger partial charge in [0, 0.05) is 15.5 Å². The van der Waals surface area contributed by atoms with Gasteiger partial charge in [0.1, 0.15) is 0 Å². The molecule has 4 heteroatoms. The maximum atomic E-state index is 4.34. The molecular weight excluding hydrogens is 320 g/mol. The van der Waals surface area contributed by atoms with Crippen molar-refractivity contribution in [1.82, 2.24) is 10.3 Å². The summed E-state index contributed by atoms with van der Waals surface area (Å²) in [4.78, 5) is 5.72. The van der Waals surface area contributed by atoms with Gasteiger partial charge in [0.15, 0.2) is 0 Å². The zero-order valence-corrected chi connectivity index (χ0v) is 13.7. The molecule has 0 aliphatic rings. The molecule has 1 aromatic carbocycles. The molecule has 0 amide bonds. The molecule has 19 heavy (non-hydrogen) atoms. The number of hydrogen-bond donors (Lipinski definition) is 1. The zero-order chi connectivity index (χ0) is 13.7. The minimum atomic E-state index is 0.601. The first-order chi connectivity index (χ1) is 9.19. The van der Waals surface area contributed by atoms with Gasteiger partial charge in [-0.05, 0) is 50.9 Å². The molecule has 2 rings (SSSR count). The third-order valence-corrected chi connectivity index (χ3v) is 4.83. The maximum Gasteiger partial charge on any atom is 0.0896 e. The van der Waals surface area contributed by atoms with E-state index in [1.54, 1.807) is 11.3 Å². The van der Waals surface area contributed by atoms with E-state index >= 15 is 0 Å². The van der Waals surface area contributed by atoms with Crippen molar-refractivity contribution < 1.29 is 0 Å². The average Bonchev–Trinajstić information content (AvgIpc) is 2.78. The second-order valence-electron chi connectivity index (χ2n) is 4.77. The number of hydrogen-bond acceptors (Lipinski definition) is 3. The Morgan fingerprint density at radius 1 is 1.32 bits per heavy atom. The molecule has 0 bridgehead atoms. The predicted octanol–water partition coefficient (Wildman–Crippen LogP) is 3.83. The van der Waals surface area contributed by atoms with Crippen LogP contribution in [0.15, 0.2) is 34.9 Å². The van der Waals surface area contributed by atoms with Crippen LogP contribution >= 0.6 is 27.3 Å². The van der Waals surface area contributed by atoms with E-state index in [9.17, 15) is 0 Å². The van der Waals surface area contributed by atoms with Crippen LogP contribution in [0.4, 0.5) is 0 Å². The van der Waals surface area contributed by atoms with Crippen LogP contribution in [0.2, 0.25) is 0 Å². The van der Waals surface area contributed by atoms with Crippen molar-refractivity contribution in [2.24, 2.45) is 5.92 Å². The quantitative estimate of drug-likeness (QED) is 0.865. The summed E-state index contributed by atoms with van der Waals surface area (Å²) in [6.45, 7) is 3.09. The fraction of sp³-hybridized carbons (Fsp3) is 0.400. The molecule has 2 aromatic rings. The topological polar surface area (TPSA) is 24.9 Å². The second kappa shape index (κ2) is 7.17. The van der Waals surface area contributed by atoms with E-state index in [0.717, 1.165) is 24.4 Å². The van der Waals surface area contributed by atoms with Crippen molar-refractivity contribution in [1.29, 1.82) is 0 Å². The molecule has 0 saturated heterocycles. The van der Waals surface area contributed by atoms with Crippen LogP contribution in [0.3, 0.4) is 0 Å². The minimum absolute atomic E-state index is 0.601. The van der Waals surface area contributed by atoms with Gasteiger partial charge in [-0.25, -0.2) is 4.98 Å². The molecule has 0 aliphatic carbocycles. The fourth-order valence-electron chi connectivity index (χ4n) is 2.26. The highest BCUT2D eigenvalue weighted by Gasteiger charge is 2.13. The monoisotopic (exact) mass is 338 g/mol. The zero-order valence-electron chi connectivity index (χ0n) is 11.3. The molecule has 0 spiro atoms. The van der Waals surface area contributed by atoms with Gasteiger partial charge in [0.2, 0.25) is 0 Å². The summed E-state index contributed by atoms with van der Waals surface area (Å²) in [6, 6.07) is 8.48. The smallest absolute Gasteiger partial charge is 0.0896 e. The number of thiazole rings is 1. The van der Waals surface area contributed by atoms with Crippen LogP contribution < -0.4 is 5.32 Å². The summed E-state index contributed by atoms with van der Waals surface area (Å²) in [7, 11) is 2.02. The van der Waals surface area contributed by atoms with Crippen molar-refractivity contribution in [2.45, 2.75) is 19.8 Å². The van der Waals surface area contributed by atoms with Crippen molar-refractivity contribution in [3.05, 3.63) is 50.4 Å². The van der Waals surface area contributed by atoms with Crippen LogP contribution in [-0.4, -0.2) is 18.6 Å². The van der Waals surface area contributed by atoms with E-state index in [1.165, 1.54) is 14.9 Å². The normalized spacial score (nSPS) is 12.6. The lowest BCUT2D eigenvalue weighted by Crippen LogP contribution is -2.22. The summed E-state index contributed by atoms with van der Waals surface area (Å²) in [5.41, 5.74) is 1.38. The Morgan fingerprint density at radius 3 is 2.74 bits per heavy atom. The van der Waals surface area contributed by atoms with Gasteiger partial charge in [0.05, 0.1) is 5.01 Å². The average molecular weight is 339 g/mol. The lowest BCUT2D eigenvalue weighted by atomic mass is 9.95. The number of benzene rings is 1. The van der Waals surface area contributed by atoms with E-state index in [2.05, 4.69) is 57.4 Å². The Bertz CT molecular complexity index is 524. The van der Waals surface area contributed by atoms with Crippen LogP contribution in [0.5, 0.6) is 0 Å². The molecule has 0 aliphatic heterocycles. The van der Waals surface area contributed by atoms with Gasteiger partial charge in [-0.1, -0.05) is 34.1 Å². The summed E-state index contributed by atoms with van der Waals surface area (Å²) < 4.78 is 1.21.